The zero-order valence-electron chi connectivity index (χ0n) is 12.2. The SMILES string of the molecule is O=C(N[C@H]1CCCO[C@@H]1c1ccncc1)C1CCCOC1. The van der Waals surface area contributed by atoms with Crippen LogP contribution in [-0.4, -0.2) is 36.8 Å². The van der Waals surface area contributed by atoms with Gasteiger partial charge in [0.25, 0.3) is 0 Å². The summed E-state index contributed by atoms with van der Waals surface area (Å²) in [7, 11) is 0. The molecule has 0 aliphatic carbocycles. The quantitative estimate of drug-likeness (QED) is 0.923. The maximum atomic E-state index is 12.4. The molecule has 0 saturated carbocycles. The van der Waals surface area contributed by atoms with Gasteiger partial charge < -0.3 is 14.8 Å². The number of carbonyl (C=O) groups is 1. The van der Waals surface area contributed by atoms with Gasteiger partial charge in [-0.1, -0.05) is 0 Å². The van der Waals surface area contributed by atoms with E-state index >= 15 is 0 Å². The highest BCUT2D eigenvalue weighted by atomic mass is 16.5. The minimum absolute atomic E-state index is 0.0150. The lowest BCUT2D eigenvalue weighted by Crippen LogP contribution is -2.46. The number of hydrogen-bond donors (Lipinski definition) is 1. The third kappa shape index (κ3) is 3.60. The van der Waals surface area contributed by atoms with E-state index in [-0.39, 0.29) is 24.0 Å². The van der Waals surface area contributed by atoms with Crippen molar-refractivity contribution in [1.82, 2.24) is 10.3 Å². The van der Waals surface area contributed by atoms with Crippen molar-refractivity contribution in [1.29, 1.82) is 0 Å². The highest BCUT2D eigenvalue weighted by Gasteiger charge is 2.31. The van der Waals surface area contributed by atoms with E-state index in [9.17, 15) is 4.79 Å². The van der Waals surface area contributed by atoms with Gasteiger partial charge in [0.15, 0.2) is 0 Å². The van der Waals surface area contributed by atoms with Crippen LogP contribution in [0.2, 0.25) is 0 Å². The molecule has 5 nitrogen and oxygen atoms in total. The largest absolute Gasteiger partial charge is 0.381 e. The van der Waals surface area contributed by atoms with Gasteiger partial charge in [-0.15, -0.1) is 0 Å². The van der Waals surface area contributed by atoms with Crippen LogP contribution >= 0.6 is 0 Å². The first-order valence-electron chi connectivity index (χ1n) is 7.74. The molecule has 2 saturated heterocycles. The molecule has 5 heteroatoms. The normalized spacial score (nSPS) is 29.8. The zero-order chi connectivity index (χ0) is 14.5. The number of nitrogens with one attached hydrogen (secondary N) is 1. The number of pyridine rings is 1. The molecule has 2 aliphatic heterocycles. The summed E-state index contributed by atoms with van der Waals surface area (Å²) in [5.41, 5.74) is 1.08. The molecule has 2 aliphatic rings. The van der Waals surface area contributed by atoms with Crippen LogP contribution in [0.3, 0.4) is 0 Å². The Hall–Kier alpha value is -1.46. The molecule has 0 bridgehead atoms. The fraction of sp³-hybridized carbons (Fsp3) is 0.625. The molecule has 3 heterocycles. The topological polar surface area (TPSA) is 60.5 Å². The fourth-order valence-electron chi connectivity index (χ4n) is 3.06. The van der Waals surface area contributed by atoms with Crippen molar-refractivity contribution in [2.45, 2.75) is 37.8 Å². The van der Waals surface area contributed by atoms with Crippen LogP contribution in [0.4, 0.5) is 0 Å². The van der Waals surface area contributed by atoms with E-state index in [2.05, 4.69) is 10.3 Å². The summed E-state index contributed by atoms with van der Waals surface area (Å²) in [6.07, 6.45) is 7.27. The molecular formula is C16H22N2O3. The molecule has 0 spiro atoms. The third-order valence-electron chi connectivity index (χ3n) is 4.22. The second-order valence-electron chi connectivity index (χ2n) is 5.74. The van der Waals surface area contributed by atoms with Gasteiger partial charge >= 0.3 is 0 Å². The number of amides is 1. The van der Waals surface area contributed by atoms with Gasteiger partial charge in [-0.05, 0) is 43.4 Å². The summed E-state index contributed by atoms with van der Waals surface area (Å²) in [6.45, 7) is 2.06. The molecule has 3 atom stereocenters. The van der Waals surface area contributed by atoms with Gasteiger partial charge in [0, 0.05) is 25.6 Å². The Morgan fingerprint density at radius 2 is 2.00 bits per heavy atom. The molecule has 1 unspecified atom stereocenters. The number of rotatable bonds is 3. The van der Waals surface area contributed by atoms with E-state index in [0.29, 0.717) is 6.61 Å². The molecule has 2 fully saturated rings. The molecule has 1 N–H and O–H groups in total. The van der Waals surface area contributed by atoms with Crippen LogP contribution in [0.5, 0.6) is 0 Å². The second kappa shape index (κ2) is 7.00. The Kier molecular flexibility index (Phi) is 4.83. The van der Waals surface area contributed by atoms with Crippen molar-refractivity contribution in [2.75, 3.05) is 19.8 Å². The number of nitrogens with zero attached hydrogens (tertiary/aromatic N) is 1. The average Bonchev–Trinajstić information content (AvgIpc) is 2.57. The lowest BCUT2D eigenvalue weighted by Gasteiger charge is -2.34. The van der Waals surface area contributed by atoms with Crippen LogP contribution in [0.15, 0.2) is 24.5 Å². The number of aromatic nitrogens is 1. The summed E-state index contributed by atoms with van der Waals surface area (Å²) in [4.78, 5) is 16.4. The van der Waals surface area contributed by atoms with Gasteiger partial charge in [-0.25, -0.2) is 0 Å². The minimum Gasteiger partial charge on any atom is -0.381 e. The van der Waals surface area contributed by atoms with E-state index in [1.165, 1.54) is 0 Å². The molecule has 21 heavy (non-hydrogen) atoms. The van der Waals surface area contributed by atoms with Crippen molar-refractivity contribution in [3.63, 3.8) is 0 Å². The van der Waals surface area contributed by atoms with Crippen LogP contribution in [-0.2, 0) is 14.3 Å². The van der Waals surface area contributed by atoms with E-state index < -0.39 is 0 Å². The molecule has 114 valence electrons. The molecule has 3 rings (SSSR count). The number of carbonyl (C=O) groups excluding carboxylic acids is 1. The van der Waals surface area contributed by atoms with Crippen LogP contribution in [0, 0.1) is 5.92 Å². The van der Waals surface area contributed by atoms with Gasteiger partial charge in [0.1, 0.15) is 6.10 Å². The highest BCUT2D eigenvalue weighted by molar-refractivity contribution is 5.79. The van der Waals surface area contributed by atoms with Crippen molar-refractivity contribution >= 4 is 5.91 Å². The van der Waals surface area contributed by atoms with Crippen LogP contribution in [0.1, 0.15) is 37.4 Å². The summed E-state index contributed by atoms with van der Waals surface area (Å²) in [5.74, 6) is 0.0861. The second-order valence-corrected chi connectivity index (χ2v) is 5.74. The standard InChI is InChI=1S/C16H22N2O3/c19-16(13-3-1-9-20-11-13)18-14-4-2-10-21-15(14)12-5-7-17-8-6-12/h5-8,13-15H,1-4,9-11H2,(H,18,19)/t13?,14-,15+/m0/s1. The van der Waals surface area contributed by atoms with E-state index in [1.807, 2.05) is 12.1 Å². The smallest absolute Gasteiger partial charge is 0.225 e. The molecule has 1 amide bonds. The molecule has 1 aromatic heterocycles. The predicted octanol–water partition coefficient (Wildman–Crippen LogP) is 1.84. The minimum atomic E-state index is -0.0739. The third-order valence-corrected chi connectivity index (χ3v) is 4.22. The first-order chi connectivity index (χ1) is 10.3. The summed E-state index contributed by atoms with van der Waals surface area (Å²) < 4.78 is 11.3. The predicted molar refractivity (Wildman–Crippen MR) is 77.6 cm³/mol. The number of ether oxygens (including phenoxy) is 2. The van der Waals surface area contributed by atoms with E-state index in [1.54, 1.807) is 12.4 Å². The monoisotopic (exact) mass is 290 g/mol. The Balaban J connectivity index is 1.65. The summed E-state index contributed by atoms with van der Waals surface area (Å²) in [5, 5.41) is 3.17. The number of hydrogen-bond acceptors (Lipinski definition) is 4. The first kappa shape index (κ1) is 14.5. The van der Waals surface area contributed by atoms with Crippen molar-refractivity contribution in [3.05, 3.63) is 30.1 Å². The van der Waals surface area contributed by atoms with Gasteiger partial charge in [-0.2, -0.15) is 0 Å². The Labute approximate surface area is 125 Å². The van der Waals surface area contributed by atoms with Crippen LogP contribution in [0.25, 0.3) is 0 Å². The molecule has 1 aromatic rings. The highest BCUT2D eigenvalue weighted by Crippen LogP contribution is 2.28. The van der Waals surface area contributed by atoms with Crippen molar-refractivity contribution in [2.24, 2.45) is 5.92 Å². The van der Waals surface area contributed by atoms with E-state index in [4.69, 9.17) is 9.47 Å². The Morgan fingerprint density at radius 1 is 1.19 bits per heavy atom. The lowest BCUT2D eigenvalue weighted by molar-refractivity contribution is -0.132. The van der Waals surface area contributed by atoms with E-state index in [0.717, 1.165) is 44.5 Å². The maximum Gasteiger partial charge on any atom is 0.225 e. The molecular weight excluding hydrogens is 268 g/mol. The summed E-state index contributed by atoms with van der Waals surface area (Å²) in [6, 6.07) is 3.95. The maximum absolute atomic E-state index is 12.4. The van der Waals surface area contributed by atoms with Crippen molar-refractivity contribution < 1.29 is 14.3 Å². The zero-order valence-corrected chi connectivity index (χ0v) is 12.2. The Morgan fingerprint density at radius 3 is 2.76 bits per heavy atom. The van der Waals surface area contributed by atoms with Gasteiger partial charge in [0.2, 0.25) is 5.91 Å². The fourth-order valence-corrected chi connectivity index (χ4v) is 3.06. The molecule has 0 radical (unpaired) electrons. The van der Waals surface area contributed by atoms with Crippen molar-refractivity contribution in [3.8, 4) is 0 Å². The molecule has 0 aromatic carbocycles. The lowest BCUT2D eigenvalue weighted by atomic mass is 9.95. The Bertz CT molecular complexity index is 460. The van der Waals surface area contributed by atoms with Gasteiger partial charge in [-0.3, -0.25) is 9.78 Å². The summed E-state index contributed by atoms with van der Waals surface area (Å²) >= 11 is 0. The first-order valence-corrected chi connectivity index (χ1v) is 7.74. The average molecular weight is 290 g/mol. The van der Waals surface area contributed by atoms with Crippen LogP contribution < -0.4 is 5.32 Å². The van der Waals surface area contributed by atoms with Gasteiger partial charge in [0.05, 0.1) is 18.6 Å².